The fourth-order valence-electron chi connectivity index (χ4n) is 1.78. The average molecular weight is 280 g/mol. The second-order valence-corrected chi connectivity index (χ2v) is 4.83. The minimum absolute atomic E-state index is 0.234. The summed E-state index contributed by atoms with van der Waals surface area (Å²) in [5, 5.41) is 6.25. The number of fused-ring (bicyclic) bond motifs is 1. The van der Waals surface area contributed by atoms with Crippen molar-refractivity contribution in [3.05, 3.63) is 12.5 Å². The minimum Gasteiger partial charge on any atom is -0.466 e. The molecular formula is C12H16N4O2S. The molecule has 102 valence electrons. The maximum atomic E-state index is 10.6. The van der Waals surface area contributed by atoms with Crippen LogP contribution in [0, 0.1) is 0 Å². The summed E-state index contributed by atoms with van der Waals surface area (Å²) >= 11 is 1.58. The Hall–Kier alpha value is -1.63. The molecule has 0 aliphatic heterocycles. The van der Waals surface area contributed by atoms with Crippen LogP contribution in [0.15, 0.2) is 17.6 Å². The number of ether oxygens (including phenoxy) is 1. The van der Waals surface area contributed by atoms with Crippen molar-refractivity contribution in [1.82, 2.24) is 19.7 Å². The predicted molar refractivity (Wildman–Crippen MR) is 73.0 cm³/mol. The number of aryl methyl sites for hydroxylation is 1. The SMILES string of the molecule is CSc1ncnc2c1cnn2CCCCOC(C)=O. The third-order valence-electron chi connectivity index (χ3n) is 2.66. The summed E-state index contributed by atoms with van der Waals surface area (Å²) in [4.78, 5) is 19.1. The Morgan fingerprint density at radius 1 is 1.42 bits per heavy atom. The van der Waals surface area contributed by atoms with Crippen LogP contribution in [0.2, 0.25) is 0 Å². The van der Waals surface area contributed by atoms with E-state index in [1.54, 1.807) is 24.3 Å². The topological polar surface area (TPSA) is 69.9 Å². The molecule has 0 spiro atoms. The van der Waals surface area contributed by atoms with Crippen molar-refractivity contribution >= 4 is 28.8 Å². The van der Waals surface area contributed by atoms with Crippen LogP contribution in [0.25, 0.3) is 11.0 Å². The number of carbonyl (C=O) groups excluding carboxylic acids is 1. The standard InChI is InChI=1S/C12H16N4O2S/c1-9(17)18-6-4-3-5-16-11-10(7-15-16)12(19-2)14-8-13-11/h7-8H,3-6H2,1-2H3. The van der Waals surface area contributed by atoms with E-state index in [-0.39, 0.29) is 5.97 Å². The molecule has 0 aromatic carbocycles. The summed E-state index contributed by atoms with van der Waals surface area (Å²) in [6.07, 6.45) is 7.06. The lowest BCUT2D eigenvalue weighted by Crippen LogP contribution is -2.05. The van der Waals surface area contributed by atoms with Gasteiger partial charge < -0.3 is 4.74 Å². The van der Waals surface area contributed by atoms with Gasteiger partial charge in [-0.2, -0.15) is 5.10 Å². The van der Waals surface area contributed by atoms with Gasteiger partial charge in [-0.25, -0.2) is 14.6 Å². The van der Waals surface area contributed by atoms with Gasteiger partial charge in [-0.05, 0) is 19.1 Å². The van der Waals surface area contributed by atoms with Gasteiger partial charge in [0.25, 0.3) is 0 Å². The minimum atomic E-state index is -0.234. The van der Waals surface area contributed by atoms with E-state index in [4.69, 9.17) is 4.74 Å². The lowest BCUT2D eigenvalue weighted by molar-refractivity contribution is -0.141. The maximum absolute atomic E-state index is 10.6. The van der Waals surface area contributed by atoms with Gasteiger partial charge in [-0.1, -0.05) is 0 Å². The molecule has 0 fully saturated rings. The molecule has 0 saturated heterocycles. The van der Waals surface area contributed by atoms with Crippen molar-refractivity contribution in [3.8, 4) is 0 Å². The highest BCUT2D eigenvalue weighted by Gasteiger charge is 2.08. The number of aromatic nitrogens is 4. The van der Waals surface area contributed by atoms with Crippen LogP contribution >= 0.6 is 11.8 Å². The average Bonchev–Trinajstić information content (AvgIpc) is 2.81. The van der Waals surface area contributed by atoms with Gasteiger partial charge in [0.15, 0.2) is 5.65 Å². The van der Waals surface area contributed by atoms with Crippen molar-refractivity contribution in [2.45, 2.75) is 31.3 Å². The Morgan fingerprint density at radius 2 is 2.26 bits per heavy atom. The molecule has 0 amide bonds. The molecule has 0 aliphatic rings. The van der Waals surface area contributed by atoms with Crippen molar-refractivity contribution in [2.24, 2.45) is 0 Å². The van der Waals surface area contributed by atoms with E-state index in [0.717, 1.165) is 35.4 Å². The summed E-state index contributed by atoms with van der Waals surface area (Å²) in [5.41, 5.74) is 0.854. The van der Waals surface area contributed by atoms with Gasteiger partial charge in [-0.15, -0.1) is 11.8 Å². The van der Waals surface area contributed by atoms with E-state index in [1.807, 2.05) is 10.9 Å². The van der Waals surface area contributed by atoms with Crippen LogP contribution in [0.4, 0.5) is 0 Å². The molecular weight excluding hydrogens is 264 g/mol. The molecule has 0 saturated carbocycles. The van der Waals surface area contributed by atoms with E-state index in [9.17, 15) is 4.79 Å². The molecule has 7 heteroatoms. The number of carbonyl (C=O) groups is 1. The fraction of sp³-hybridized carbons (Fsp3) is 0.500. The number of unbranched alkanes of at least 4 members (excludes halogenated alkanes) is 1. The highest BCUT2D eigenvalue weighted by atomic mass is 32.2. The predicted octanol–water partition coefficient (Wildman–Crippen LogP) is 1.89. The summed E-state index contributed by atoms with van der Waals surface area (Å²) in [6.45, 7) is 2.64. The van der Waals surface area contributed by atoms with Crippen molar-refractivity contribution in [2.75, 3.05) is 12.9 Å². The Bertz CT molecular complexity index is 570. The molecule has 2 rings (SSSR count). The van der Waals surface area contributed by atoms with Crippen LogP contribution in [-0.2, 0) is 16.1 Å². The number of esters is 1. The molecule has 0 unspecified atom stereocenters. The van der Waals surface area contributed by atoms with Gasteiger partial charge in [0.05, 0.1) is 18.2 Å². The summed E-state index contributed by atoms with van der Waals surface area (Å²) in [5.74, 6) is -0.234. The fourth-order valence-corrected chi connectivity index (χ4v) is 2.29. The zero-order valence-electron chi connectivity index (χ0n) is 11.0. The quantitative estimate of drug-likeness (QED) is 0.348. The second-order valence-electron chi connectivity index (χ2n) is 4.04. The molecule has 19 heavy (non-hydrogen) atoms. The van der Waals surface area contributed by atoms with Crippen LogP contribution in [-0.4, -0.2) is 38.6 Å². The number of hydrogen-bond acceptors (Lipinski definition) is 6. The smallest absolute Gasteiger partial charge is 0.302 e. The van der Waals surface area contributed by atoms with E-state index in [0.29, 0.717) is 6.61 Å². The first-order chi connectivity index (χ1) is 9.22. The highest BCUT2D eigenvalue weighted by Crippen LogP contribution is 2.21. The van der Waals surface area contributed by atoms with E-state index in [1.165, 1.54) is 6.92 Å². The summed E-state index contributed by atoms with van der Waals surface area (Å²) < 4.78 is 6.75. The van der Waals surface area contributed by atoms with Crippen molar-refractivity contribution < 1.29 is 9.53 Å². The van der Waals surface area contributed by atoms with Gasteiger partial charge in [0.2, 0.25) is 0 Å². The van der Waals surface area contributed by atoms with Crippen molar-refractivity contribution in [3.63, 3.8) is 0 Å². The number of hydrogen-bond donors (Lipinski definition) is 0. The van der Waals surface area contributed by atoms with E-state index < -0.39 is 0 Å². The van der Waals surface area contributed by atoms with Gasteiger partial charge in [-0.3, -0.25) is 4.79 Å². The monoisotopic (exact) mass is 280 g/mol. The van der Waals surface area contributed by atoms with Gasteiger partial charge in [0, 0.05) is 13.5 Å². The summed E-state index contributed by atoms with van der Waals surface area (Å²) in [7, 11) is 0. The Labute approximate surface area is 115 Å². The molecule has 6 nitrogen and oxygen atoms in total. The second kappa shape index (κ2) is 6.51. The van der Waals surface area contributed by atoms with E-state index in [2.05, 4.69) is 15.1 Å². The molecule has 0 radical (unpaired) electrons. The molecule has 0 atom stereocenters. The molecule has 2 aromatic heterocycles. The van der Waals surface area contributed by atoms with Gasteiger partial charge in [0.1, 0.15) is 11.4 Å². The first kappa shape index (κ1) is 13.8. The Morgan fingerprint density at radius 3 is 3.00 bits per heavy atom. The van der Waals surface area contributed by atoms with Crippen LogP contribution in [0.3, 0.4) is 0 Å². The lowest BCUT2D eigenvalue weighted by Gasteiger charge is -2.04. The third kappa shape index (κ3) is 3.44. The number of thioether (sulfide) groups is 1. The van der Waals surface area contributed by atoms with Crippen LogP contribution in [0.5, 0.6) is 0 Å². The van der Waals surface area contributed by atoms with E-state index >= 15 is 0 Å². The molecule has 2 heterocycles. The Balaban J connectivity index is 1.96. The zero-order valence-corrected chi connectivity index (χ0v) is 11.8. The maximum Gasteiger partial charge on any atom is 0.302 e. The van der Waals surface area contributed by atoms with Crippen LogP contribution < -0.4 is 0 Å². The van der Waals surface area contributed by atoms with Crippen molar-refractivity contribution in [1.29, 1.82) is 0 Å². The summed E-state index contributed by atoms with van der Waals surface area (Å²) in [6, 6.07) is 0. The molecule has 0 N–H and O–H groups in total. The Kier molecular flexibility index (Phi) is 4.73. The van der Waals surface area contributed by atoms with Gasteiger partial charge >= 0.3 is 5.97 Å². The largest absolute Gasteiger partial charge is 0.466 e. The normalized spacial score (nSPS) is 10.8. The number of nitrogens with zero attached hydrogens (tertiary/aromatic N) is 4. The highest BCUT2D eigenvalue weighted by molar-refractivity contribution is 7.98. The number of rotatable bonds is 6. The third-order valence-corrected chi connectivity index (χ3v) is 3.37. The zero-order chi connectivity index (χ0) is 13.7. The van der Waals surface area contributed by atoms with Crippen LogP contribution in [0.1, 0.15) is 19.8 Å². The molecule has 2 aromatic rings. The first-order valence-electron chi connectivity index (χ1n) is 6.06. The molecule has 0 bridgehead atoms. The molecule has 0 aliphatic carbocycles. The lowest BCUT2D eigenvalue weighted by atomic mass is 10.3. The first-order valence-corrected chi connectivity index (χ1v) is 7.28.